The predicted molar refractivity (Wildman–Crippen MR) is 70.6 cm³/mol. The van der Waals surface area contributed by atoms with Gasteiger partial charge in [-0.2, -0.15) is 0 Å². The number of amides is 1. The first-order chi connectivity index (χ1) is 9.00. The smallest absolute Gasteiger partial charge is 0.329 e. The van der Waals surface area contributed by atoms with Crippen LogP contribution in [-0.4, -0.2) is 30.2 Å². The number of rotatable bonds is 7. The fourth-order valence-corrected chi connectivity index (χ4v) is 1.74. The lowest BCUT2D eigenvalue weighted by Gasteiger charge is -2.22. The molecule has 0 aliphatic carbocycles. The van der Waals surface area contributed by atoms with Crippen LogP contribution < -0.4 is 5.32 Å². The summed E-state index contributed by atoms with van der Waals surface area (Å²) in [7, 11) is 0. The molecule has 0 radical (unpaired) electrons. The Balaban J connectivity index is 2.55. The van der Waals surface area contributed by atoms with Crippen LogP contribution in [-0.2, 0) is 14.3 Å². The fourth-order valence-electron chi connectivity index (χ4n) is 1.74. The Morgan fingerprint density at radius 3 is 2.37 bits per heavy atom. The van der Waals surface area contributed by atoms with Gasteiger partial charge in [0.1, 0.15) is 13.2 Å². The third-order valence-corrected chi connectivity index (χ3v) is 2.60. The van der Waals surface area contributed by atoms with Gasteiger partial charge >= 0.3 is 5.97 Å². The molecule has 0 saturated carbocycles. The summed E-state index contributed by atoms with van der Waals surface area (Å²) in [5.74, 6) is -1.18. The number of hydrogen-bond acceptors (Lipinski definition) is 3. The summed E-state index contributed by atoms with van der Waals surface area (Å²) >= 11 is 0. The number of carbonyl (C=O) groups excluding carboxylic acids is 1. The fraction of sp³-hybridized carbons (Fsp3) is 0.429. The molecule has 5 nitrogen and oxygen atoms in total. The molecule has 0 spiro atoms. The van der Waals surface area contributed by atoms with Crippen LogP contribution in [0.3, 0.4) is 0 Å². The van der Waals surface area contributed by atoms with E-state index in [9.17, 15) is 9.59 Å². The zero-order valence-corrected chi connectivity index (χ0v) is 11.1. The lowest BCUT2D eigenvalue weighted by molar-refractivity contribution is -0.143. The Labute approximate surface area is 112 Å². The summed E-state index contributed by atoms with van der Waals surface area (Å²) in [6.45, 7) is 3.31. The molecule has 1 rings (SSSR count). The SMILES string of the molecule is CC(C)C(NC(=O)COCC(=O)O)c1ccccc1. The number of hydrogen-bond donors (Lipinski definition) is 2. The van der Waals surface area contributed by atoms with Gasteiger partial charge in [0.05, 0.1) is 6.04 Å². The normalized spacial score (nSPS) is 12.2. The van der Waals surface area contributed by atoms with Crippen molar-refractivity contribution in [3.05, 3.63) is 35.9 Å². The van der Waals surface area contributed by atoms with Gasteiger partial charge in [0, 0.05) is 0 Å². The summed E-state index contributed by atoms with van der Waals surface area (Å²) in [6, 6.07) is 9.53. The van der Waals surface area contributed by atoms with Gasteiger partial charge in [-0.15, -0.1) is 0 Å². The highest BCUT2D eigenvalue weighted by Crippen LogP contribution is 2.20. The topological polar surface area (TPSA) is 75.6 Å². The number of carboxylic acid groups (broad SMARTS) is 1. The Morgan fingerprint density at radius 1 is 1.21 bits per heavy atom. The first-order valence-electron chi connectivity index (χ1n) is 6.14. The van der Waals surface area contributed by atoms with Gasteiger partial charge in [-0.05, 0) is 11.5 Å². The van der Waals surface area contributed by atoms with Gasteiger partial charge in [0.2, 0.25) is 5.91 Å². The number of nitrogens with one attached hydrogen (secondary N) is 1. The summed E-state index contributed by atoms with van der Waals surface area (Å²) < 4.78 is 4.76. The molecule has 0 aromatic heterocycles. The zero-order chi connectivity index (χ0) is 14.3. The third-order valence-electron chi connectivity index (χ3n) is 2.60. The minimum atomic E-state index is -1.09. The Bertz CT molecular complexity index is 417. The van der Waals surface area contributed by atoms with E-state index < -0.39 is 12.6 Å². The molecule has 1 amide bonds. The van der Waals surface area contributed by atoms with E-state index in [1.807, 2.05) is 44.2 Å². The predicted octanol–water partition coefficient (Wildman–Crippen LogP) is 1.60. The molecular formula is C14H19NO4. The Morgan fingerprint density at radius 2 is 1.84 bits per heavy atom. The zero-order valence-electron chi connectivity index (χ0n) is 11.1. The van der Waals surface area contributed by atoms with Crippen molar-refractivity contribution in [1.82, 2.24) is 5.32 Å². The molecule has 5 heteroatoms. The number of benzene rings is 1. The van der Waals surface area contributed by atoms with Crippen molar-refractivity contribution in [1.29, 1.82) is 0 Å². The molecule has 1 unspecified atom stereocenters. The summed E-state index contributed by atoms with van der Waals surface area (Å²) in [6.07, 6.45) is 0. The summed E-state index contributed by atoms with van der Waals surface area (Å²) in [4.78, 5) is 22.0. The van der Waals surface area contributed by atoms with E-state index in [1.54, 1.807) is 0 Å². The standard InChI is InChI=1S/C14H19NO4/c1-10(2)14(11-6-4-3-5-7-11)15-12(16)8-19-9-13(17)18/h3-7,10,14H,8-9H2,1-2H3,(H,15,16)(H,17,18). The van der Waals surface area contributed by atoms with Gasteiger partial charge in [-0.3, -0.25) is 4.79 Å². The van der Waals surface area contributed by atoms with Gasteiger partial charge in [-0.25, -0.2) is 4.79 Å². The molecular weight excluding hydrogens is 246 g/mol. The average molecular weight is 265 g/mol. The minimum Gasteiger partial charge on any atom is -0.480 e. The van der Waals surface area contributed by atoms with Crippen molar-refractivity contribution in [3.63, 3.8) is 0 Å². The van der Waals surface area contributed by atoms with Crippen molar-refractivity contribution < 1.29 is 19.4 Å². The van der Waals surface area contributed by atoms with Gasteiger partial charge in [-0.1, -0.05) is 44.2 Å². The second kappa shape index (κ2) is 7.53. The molecule has 0 aliphatic rings. The van der Waals surface area contributed by atoms with Crippen LogP contribution in [0.15, 0.2) is 30.3 Å². The highest BCUT2D eigenvalue weighted by atomic mass is 16.5. The van der Waals surface area contributed by atoms with E-state index in [0.29, 0.717) is 0 Å². The van der Waals surface area contributed by atoms with E-state index in [-0.39, 0.29) is 24.5 Å². The van der Waals surface area contributed by atoms with Crippen LogP contribution >= 0.6 is 0 Å². The number of carboxylic acids is 1. The van der Waals surface area contributed by atoms with E-state index in [1.165, 1.54) is 0 Å². The second-order valence-corrected chi connectivity index (χ2v) is 4.59. The molecule has 104 valence electrons. The largest absolute Gasteiger partial charge is 0.480 e. The lowest BCUT2D eigenvalue weighted by Crippen LogP contribution is -2.34. The molecule has 0 aliphatic heterocycles. The Kier molecular flexibility index (Phi) is 6.02. The van der Waals surface area contributed by atoms with Crippen molar-refractivity contribution in [3.8, 4) is 0 Å². The molecule has 1 aromatic carbocycles. The highest BCUT2D eigenvalue weighted by Gasteiger charge is 2.18. The maximum absolute atomic E-state index is 11.7. The minimum absolute atomic E-state index is 0.109. The highest BCUT2D eigenvalue weighted by molar-refractivity contribution is 5.78. The van der Waals surface area contributed by atoms with E-state index in [2.05, 4.69) is 5.32 Å². The van der Waals surface area contributed by atoms with Crippen molar-refractivity contribution >= 4 is 11.9 Å². The van der Waals surface area contributed by atoms with Crippen molar-refractivity contribution in [2.75, 3.05) is 13.2 Å². The first-order valence-corrected chi connectivity index (χ1v) is 6.14. The van der Waals surface area contributed by atoms with Crippen LogP contribution in [0.1, 0.15) is 25.5 Å². The number of aliphatic carboxylic acids is 1. The van der Waals surface area contributed by atoms with Gasteiger partial charge in [0.25, 0.3) is 0 Å². The third kappa shape index (κ3) is 5.52. The molecule has 1 atom stereocenters. The summed E-state index contributed by atoms with van der Waals surface area (Å²) in [5.41, 5.74) is 1.02. The monoisotopic (exact) mass is 265 g/mol. The molecule has 0 bridgehead atoms. The number of carbonyl (C=O) groups is 2. The van der Waals surface area contributed by atoms with Crippen LogP contribution in [0.4, 0.5) is 0 Å². The molecule has 0 saturated heterocycles. The van der Waals surface area contributed by atoms with Gasteiger partial charge < -0.3 is 15.2 Å². The quantitative estimate of drug-likeness (QED) is 0.785. The second-order valence-electron chi connectivity index (χ2n) is 4.59. The van der Waals surface area contributed by atoms with Crippen LogP contribution in [0, 0.1) is 5.92 Å². The Hall–Kier alpha value is -1.88. The van der Waals surface area contributed by atoms with Crippen LogP contribution in [0.25, 0.3) is 0 Å². The maximum Gasteiger partial charge on any atom is 0.329 e. The molecule has 1 aromatic rings. The van der Waals surface area contributed by atoms with Crippen molar-refractivity contribution in [2.24, 2.45) is 5.92 Å². The average Bonchev–Trinajstić information content (AvgIpc) is 2.36. The van der Waals surface area contributed by atoms with E-state index in [4.69, 9.17) is 9.84 Å². The van der Waals surface area contributed by atoms with E-state index in [0.717, 1.165) is 5.56 Å². The van der Waals surface area contributed by atoms with Gasteiger partial charge in [0.15, 0.2) is 0 Å². The lowest BCUT2D eigenvalue weighted by atomic mass is 9.96. The molecule has 19 heavy (non-hydrogen) atoms. The maximum atomic E-state index is 11.7. The molecule has 0 heterocycles. The van der Waals surface area contributed by atoms with E-state index >= 15 is 0 Å². The summed E-state index contributed by atoms with van der Waals surface area (Å²) in [5, 5.41) is 11.3. The van der Waals surface area contributed by atoms with Crippen LogP contribution in [0.2, 0.25) is 0 Å². The molecule has 2 N–H and O–H groups in total. The first kappa shape index (κ1) is 15.2. The molecule has 0 fully saturated rings. The van der Waals surface area contributed by atoms with Crippen LogP contribution in [0.5, 0.6) is 0 Å². The number of ether oxygens (including phenoxy) is 1. The van der Waals surface area contributed by atoms with Crippen molar-refractivity contribution in [2.45, 2.75) is 19.9 Å².